The molecule has 0 atom stereocenters. The number of anilines is 1. The minimum Gasteiger partial charge on any atom is -0.481 e. The van der Waals surface area contributed by atoms with E-state index in [1.807, 2.05) is 12.1 Å². The van der Waals surface area contributed by atoms with Gasteiger partial charge in [-0.2, -0.15) is 0 Å². The number of rotatable bonds is 3. The second-order valence-electron chi connectivity index (χ2n) is 4.22. The predicted molar refractivity (Wildman–Crippen MR) is 63.7 cm³/mol. The first-order valence-corrected chi connectivity index (χ1v) is 5.39. The Morgan fingerprint density at radius 3 is 2.60 bits per heavy atom. The van der Waals surface area contributed by atoms with Crippen LogP contribution >= 0.6 is 15.9 Å². The van der Waals surface area contributed by atoms with Crippen LogP contribution in [0.4, 0.5) is 5.69 Å². The van der Waals surface area contributed by atoms with Crippen LogP contribution in [0.25, 0.3) is 0 Å². The summed E-state index contributed by atoms with van der Waals surface area (Å²) in [6.45, 7) is 3.40. The molecule has 0 heterocycles. The second-order valence-corrected chi connectivity index (χ2v) is 5.08. The van der Waals surface area contributed by atoms with Crippen LogP contribution < -0.4 is 5.73 Å². The van der Waals surface area contributed by atoms with Crippen LogP contribution in [0.1, 0.15) is 19.4 Å². The molecule has 0 aliphatic carbocycles. The van der Waals surface area contributed by atoms with E-state index in [4.69, 9.17) is 10.8 Å². The molecule has 1 aromatic carbocycles. The number of benzene rings is 1. The topological polar surface area (TPSA) is 63.3 Å². The number of halogens is 1. The molecule has 0 aliphatic rings. The van der Waals surface area contributed by atoms with Crippen molar-refractivity contribution in [1.82, 2.24) is 0 Å². The van der Waals surface area contributed by atoms with Gasteiger partial charge in [-0.25, -0.2) is 0 Å². The predicted octanol–water partition coefficient (Wildman–Crippen LogP) is 2.68. The quantitative estimate of drug-likeness (QED) is 0.831. The van der Waals surface area contributed by atoms with E-state index in [0.29, 0.717) is 12.1 Å². The third-order valence-corrected chi connectivity index (χ3v) is 3.01. The van der Waals surface area contributed by atoms with Gasteiger partial charge in [0.15, 0.2) is 0 Å². The summed E-state index contributed by atoms with van der Waals surface area (Å²) in [5, 5.41) is 8.99. The number of carboxylic acid groups (broad SMARTS) is 1. The van der Waals surface area contributed by atoms with Crippen LogP contribution in [-0.4, -0.2) is 11.1 Å². The molecular weight excluding hydrogens is 258 g/mol. The highest BCUT2D eigenvalue weighted by molar-refractivity contribution is 9.10. The van der Waals surface area contributed by atoms with Gasteiger partial charge in [-0.15, -0.1) is 0 Å². The highest BCUT2D eigenvalue weighted by atomic mass is 79.9. The molecular formula is C11H14BrNO2. The summed E-state index contributed by atoms with van der Waals surface area (Å²) in [4.78, 5) is 10.9. The highest BCUT2D eigenvalue weighted by Crippen LogP contribution is 2.26. The van der Waals surface area contributed by atoms with E-state index in [1.165, 1.54) is 0 Å². The van der Waals surface area contributed by atoms with Gasteiger partial charge in [-0.3, -0.25) is 4.79 Å². The Labute approximate surface area is 97.4 Å². The van der Waals surface area contributed by atoms with Crippen molar-refractivity contribution in [1.29, 1.82) is 0 Å². The number of nitrogen functional groups attached to an aromatic ring is 1. The maximum atomic E-state index is 10.9. The largest absolute Gasteiger partial charge is 0.481 e. The molecule has 0 radical (unpaired) electrons. The highest BCUT2D eigenvalue weighted by Gasteiger charge is 2.27. The van der Waals surface area contributed by atoms with Crippen LogP contribution in [0.5, 0.6) is 0 Å². The Bertz CT molecular complexity index is 388. The Morgan fingerprint density at radius 2 is 2.13 bits per heavy atom. The molecule has 0 spiro atoms. The van der Waals surface area contributed by atoms with Gasteiger partial charge >= 0.3 is 5.97 Å². The van der Waals surface area contributed by atoms with E-state index in [9.17, 15) is 4.79 Å². The van der Waals surface area contributed by atoms with Crippen molar-refractivity contribution in [3.63, 3.8) is 0 Å². The van der Waals surface area contributed by atoms with Gasteiger partial charge in [0.1, 0.15) is 0 Å². The Hall–Kier alpha value is -1.03. The van der Waals surface area contributed by atoms with Crippen LogP contribution in [0.15, 0.2) is 22.7 Å². The zero-order chi connectivity index (χ0) is 11.6. The van der Waals surface area contributed by atoms with Gasteiger partial charge in [0, 0.05) is 10.2 Å². The summed E-state index contributed by atoms with van der Waals surface area (Å²) in [6.07, 6.45) is 0.472. The lowest BCUT2D eigenvalue weighted by atomic mass is 9.86. The first-order valence-electron chi connectivity index (χ1n) is 4.60. The molecule has 4 heteroatoms. The fourth-order valence-corrected chi connectivity index (χ4v) is 1.54. The van der Waals surface area contributed by atoms with Gasteiger partial charge in [0.25, 0.3) is 0 Å². The molecule has 0 saturated carbocycles. The van der Waals surface area contributed by atoms with Crippen molar-refractivity contribution < 1.29 is 9.90 Å². The lowest BCUT2D eigenvalue weighted by molar-refractivity contribution is -0.146. The molecule has 1 aromatic rings. The number of hydrogen-bond acceptors (Lipinski definition) is 2. The van der Waals surface area contributed by atoms with Gasteiger partial charge < -0.3 is 10.8 Å². The molecule has 0 saturated heterocycles. The summed E-state index contributed by atoms with van der Waals surface area (Å²) >= 11 is 3.30. The summed E-state index contributed by atoms with van der Waals surface area (Å²) < 4.78 is 0.833. The minimum absolute atomic E-state index is 0.472. The Morgan fingerprint density at radius 1 is 1.53 bits per heavy atom. The smallest absolute Gasteiger partial charge is 0.309 e. The van der Waals surface area contributed by atoms with Crippen molar-refractivity contribution in [2.75, 3.05) is 5.73 Å². The number of hydrogen-bond donors (Lipinski definition) is 2. The van der Waals surface area contributed by atoms with E-state index < -0.39 is 11.4 Å². The van der Waals surface area contributed by atoms with Crippen LogP contribution in [0.2, 0.25) is 0 Å². The Balaban J connectivity index is 2.91. The molecule has 1 rings (SSSR count). The second kappa shape index (κ2) is 4.23. The average Bonchev–Trinajstić information content (AvgIpc) is 2.10. The van der Waals surface area contributed by atoms with Crippen LogP contribution in [-0.2, 0) is 11.2 Å². The van der Waals surface area contributed by atoms with Crippen molar-refractivity contribution in [2.24, 2.45) is 5.41 Å². The Kier molecular flexibility index (Phi) is 3.39. The third kappa shape index (κ3) is 2.96. The zero-order valence-corrected chi connectivity index (χ0v) is 10.3. The molecule has 0 fully saturated rings. The molecule has 0 aromatic heterocycles. The van der Waals surface area contributed by atoms with E-state index >= 15 is 0 Å². The molecule has 82 valence electrons. The normalized spacial score (nSPS) is 11.4. The van der Waals surface area contributed by atoms with Gasteiger partial charge in [-0.05, 0) is 53.9 Å². The molecule has 3 N–H and O–H groups in total. The molecule has 0 unspecified atom stereocenters. The average molecular weight is 272 g/mol. The number of aliphatic carboxylic acids is 1. The minimum atomic E-state index is -0.802. The fraction of sp³-hybridized carbons (Fsp3) is 0.364. The maximum absolute atomic E-state index is 10.9. The summed E-state index contributed by atoms with van der Waals surface area (Å²) in [7, 11) is 0. The van der Waals surface area contributed by atoms with Crippen molar-refractivity contribution in [3.8, 4) is 0 Å². The lowest BCUT2D eigenvalue weighted by Crippen LogP contribution is -2.26. The fourth-order valence-electron chi connectivity index (χ4n) is 1.29. The van der Waals surface area contributed by atoms with Crippen molar-refractivity contribution in [2.45, 2.75) is 20.3 Å². The first kappa shape index (κ1) is 12.0. The number of carbonyl (C=O) groups is 1. The van der Waals surface area contributed by atoms with Crippen LogP contribution in [0, 0.1) is 5.41 Å². The molecule has 3 nitrogen and oxygen atoms in total. The molecule has 0 aliphatic heterocycles. The number of nitrogens with two attached hydrogens (primary N) is 1. The SMILES string of the molecule is CC(C)(Cc1ccc(Br)c(N)c1)C(=O)O. The lowest BCUT2D eigenvalue weighted by Gasteiger charge is -2.19. The van der Waals surface area contributed by atoms with E-state index in [0.717, 1.165) is 10.0 Å². The monoisotopic (exact) mass is 271 g/mol. The van der Waals surface area contributed by atoms with Crippen molar-refractivity contribution >= 4 is 27.6 Å². The third-order valence-electron chi connectivity index (χ3n) is 2.29. The zero-order valence-electron chi connectivity index (χ0n) is 8.75. The maximum Gasteiger partial charge on any atom is 0.309 e. The first-order chi connectivity index (χ1) is 6.83. The molecule has 0 amide bonds. The summed E-state index contributed by atoms with van der Waals surface area (Å²) in [5.41, 5.74) is 6.52. The standard InChI is InChI=1S/C11H14BrNO2/c1-11(2,10(14)15)6-7-3-4-8(12)9(13)5-7/h3-5H,6,13H2,1-2H3,(H,14,15). The molecule has 0 bridgehead atoms. The number of carboxylic acids is 1. The van der Waals surface area contributed by atoms with E-state index in [2.05, 4.69) is 15.9 Å². The molecule has 15 heavy (non-hydrogen) atoms. The van der Waals surface area contributed by atoms with E-state index in [-0.39, 0.29) is 0 Å². The van der Waals surface area contributed by atoms with Gasteiger partial charge in [0.05, 0.1) is 5.41 Å². The summed E-state index contributed by atoms with van der Waals surface area (Å²) in [6, 6.07) is 5.52. The summed E-state index contributed by atoms with van der Waals surface area (Å²) in [5.74, 6) is -0.802. The van der Waals surface area contributed by atoms with Gasteiger partial charge in [0.2, 0.25) is 0 Å². The van der Waals surface area contributed by atoms with E-state index in [1.54, 1.807) is 19.9 Å². The van der Waals surface area contributed by atoms with Gasteiger partial charge in [-0.1, -0.05) is 6.07 Å². The van der Waals surface area contributed by atoms with Crippen LogP contribution in [0.3, 0.4) is 0 Å². The van der Waals surface area contributed by atoms with Crippen molar-refractivity contribution in [3.05, 3.63) is 28.2 Å².